The van der Waals surface area contributed by atoms with Crippen molar-refractivity contribution in [3.05, 3.63) is 161 Å². The van der Waals surface area contributed by atoms with Crippen molar-refractivity contribution in [2.45, 2.75) is 25.7 Å². The Morgan fingerprint density at radius 2 is 1.04 bits per heavy atom. The first kappa shape index (κ1) is 29.1. The molecule has 0 saturated heterocycles. The molecule has 0 saturated carbocycles. The van der Waals surface area contributed by atoms with E-state index < -0.39 is 0 Å². The molecule has 0 aliphatic heterocycles. The van der Waals surface area contributed by atoms with E-state index in [1.54, 1.807) is 0 Å². The fourth-order valence-corrected chi connectivity index (χ4v) is 11.7. The standard InChI is InChI=1S/C50H32S2/c1-3-13-39-33(9-1)35-21-17-29(31-19-23-47-41(25-31)37-11-5-7-15-45(37)51-47)27-43(35)50-40-14-4-2-10-34(40)36-22-18-30(28-44(36)49(39)50)32-20-24-48-42(26-32)38-12-6-8-16-46(38)52-48/h1-7,9-15,18-20,22-28H,8,16-17,21H2. The summed E-state index contributed by atoms with van der Waals surface area (Å²) in [5.41, 5.74) is 9.65. The van der Waals surface area contributed by atoms with Crippen LogP contribution in [-0.2, 0) is 12.8 Å². The molecule has 2 aliphatic rings. The summed E-state index contributed by atoms with van der Waals surface area (Å²) in [6.07, 6.45) is 11.6. The summed E-state index contributed by atoms with van der Waals surface area (Å²) in [5.74, 6) is 0. The quantitative estimate of drug-likeness (QED) is 0.158. The molecule has 52 heavy (non-hydrogen) atoms. The van der Waals surface area contributed by atoms with Crippen LogP contribution in [-0.4, -0.2) is 0 Å². The summed E-state index contributed by atoms with van der Waals surface area (Å²) in [4.78, 5) is 1.53. The van der Waals surface area contributed by atoms with Gasteiger partial charge < -0.3 is 0 Å². The summed E-state index contributed by atoms with van der Waals surface area (Å²) in [7, 11) is 0. The molecule has 2 heterocycles. The van der Waals surface area contributed by atoms with Crippen molar-refractivity contribution < 1.29 is 0 Å². The number of benzene rings is 8. The summed E-state index contributed by atoms with van der Waals surface area (Å²) >= 11 is 3.86. The van der Waals surface area contributed by atoms with E-state index in [2.05, 4.69) is 146 Å². The van der Waals surface area contributed by atoms with Gasteiger partial charge in [0.25, 0.3) is 0 Å². The first-order chi connectivity index (χ1) is 25.8. The van der Waals surface area contributed by atoms with Crippen LogP contribution in [0.25, 0.3) is 102 Å². The number of hydrogen-bond acceptors (Lipinski definition) is 2. The second kappa shape index (κ2) is 11.0. The van der Waals surface area contributed by atoms with Crippen molar-refractivity contribution in [2.75, 3.05) is 0 Å². The second-order valence-corrected chi connectivity index (χ2v) is 16.8. The van der Waals surface area contributed by atoms with Crippen LogP contribution in [0.3, 0.4) is 0 Å². The van der Waals surface area contributed by atoms with E-state index in [1.165, 1.54) is 117 Å². The molecular weight excluding hydrogens is 665 g/mol. The van der Waals surface area contributed by atoms with E-state index in [0.717, 1.165) is 25.7 Å². The summed E-state index contributed by atoms with van der Waals surface area (Å²) in [6, 6.07) is 48.6. The fraction of sp³-hybridized carbons (Fsp3) is 0.0800. The molecule has 0 radical (unpaired) electrons. The Morgan fingerprint density at radius 1 is 0.404 bits per heavy atom. The largest absolute Gasteiger partial charge is 0.140 e. The van der Waals surface area contributed by atoms with Crippen LogP contribution in [0.4, 0.5) is 0 Å². The number of rotatable bonds is 2. The third kappa shape index (κ3) is 4.14. The van der Waals surface area contributed by atoms with Gasteiger partial charge in [0.1, 0.15) is 0 Å². The normalized spacial score (nSPS) is 14.3. The maximum absolute atomic E-state index is 2.55. The lowest BCUT2D eigenvalue weighted by Crippen LogP contribution is -2.02. The minimum atomic E-state index is 1.03. The van der Waals surface area contributed by atoms with Crippen LogP contribution < -0.4 is 0 Å². The first-order valence-electron chi connectivity index (χ1n) is 18.4. The van der Waals surface area contributed by atoms with E-state index >= 15 is 0 Å². The Labute approximate surface area is 309 Å². The molecule has 2 heteroatoms. The second-order valence-electron chi connectivity index (χ2n) is 14.6. The molecule has 0 bridgehead atoms. The summed E-state index contributed by atoms with van der Waals surface area (Å²) < 4.78 is 4.12. The van der Waals surface area contributed by atoms with Crippen LogP contribution in [0.15, 0.2) is 133 Å². The van der Waals surface area contributed by atoms with E-state index in [-0.39, 0.29) is 0 Å². The zero-order valence-corrected chi connectivity index (χ0v) is 30.1. The smallest absolute Gasteiger partial charge is 0.0355 e. The number of allylic oxidation sites excluding steroid dienone is 2. The van der Waals surface area contributed by atoms with Crippen molar-refractivity contribution in [3.8, 4) is 11.1 Å². The maximum atomic E-state index is 2.55. The monoisotopic (exact) mass is 696 g/mol. The molecule has 0 atom stereocenters. The molecule has 2 aliphatic carbocycles. The SMILES string of the molecule is C1=Cc2c(sc3ccc(-c4ccc5c6ccccc6c6c7c(c8ccccc8c6c5c4)CCC(c4ccc5sc6ccccc6c5c4)=C7)cc23)CC1. The average Bonchev–Trinajstić information content (AvgIpc) is 3.78. The topological polar surface area (TPSA) is 0 Å². The Hall–Kier alpha value is -5.54. The predicted octanol–water partition coefficient (Wildman–Crippen LogP) is 15.0. The molecule has 0 nitrogen and oxygen atoms in total. The molecule has 0 N–H and O–H groups in total. The highest BCUT2D eigenvalue weighted by Crippen LogP contribution is 2.48. The molecular formula is C50H32S2. The van der Waals surface area contributed by atoms with Crippen molar-refractivity contribution in [1.29, 1.82) is 0 Å². The summed E-state index contributed by atoms with van der Waals surface area (Å²) in [6.45, 7) is 0. The van der Waals surface area contributed by atoms with Gasteiger partial charge in [0.05, 0.1) is 0 Å². The molecule has 2 aromatic heterocycles. The van der Waals surface area contributed by atoms with Crippen molar-refractivity contribution >= 4 is 114 Å². The van der Waals surface area contributed by atoms with Crippen molar-refractivity contribution in [1.82, 2.24) is 0 Å². The number of thiophene rings is 2. The highest BCUT2D eigenvalue weighted by molar-refractivity contribution is 7.25. The van der Waals surface area contributed by atoms with Gasteiger partial charge in [0.15, 0.2) is 0 Å². The van der Waals surface area contributed by atoms with Gasteiger partial charge in [-0.2, -0.15) is 0 Å². The van der Waals surface area contributed by atoms with Gasteiger partial charge >= 0.3 is 0 Å². The zero-order valence-electron chi connectivity index (χ0n) is 28.5. The van der Waals surface area contributed by atoms with E-state index in [4.69, 9.17) is 0 Å². The first-order valence-corrected chi connectivity index (χ1v) is 20.1. The molecule has 0 unspecified atom stereocenters. The Morgan fingerprint density at radius 3 is 1.90 bits per heavy atom. The van der Waals surface area contributed by atoms with Gasteiger partial charge in [-0.05, 0) is 144 Å². The Bertz CT molecular complexity index is 3240. The van der Waals surface area contributed by atoms with Gasteiger partial charge in [-0.15, -0.1) is 22.7 Å². The van der Waals surface area contributed by atoms with Crippen LogP contribution >= 0.6 is 22.7 Å². The molecule has 12 rings (SSSR count). The van der Waals surface area contributed by atoms with Gasteiger partial charge in [0, 0.05) is 35.1 Å². The van der Waals surface area contributed by atoms with Crippen molar-refractivity contribution in [2.24, 2.45) is 0 Å². The molecule has 10 aromatic rings. The van der Waals surface area contributed by atoms with Crippen molar-refractivity contribution in [3.63, 3.8) is 0 Å². The lowest BCUT2D eigenvalue weighted by Gasteiger charge is -2.24. The highest BCUT2D eigenvalue weighted by atomic mass is 32.1. The molecule has 8 aromatic carbocycles. The minimum absolute atomic E-state index is 1.03. The van der Waals surface area contributed by atoms with Crippen LogP contribution in [0.1, 0.15) is 40.0 Å². The zero-order chi connectivity index (χ0) is 33.9. The highest BCUT2D eigenvalue weighted by Gasteiger charge is 2.23. The van der Waals surface area contributed by atoms with E-state index in [1.807, 2.05) is 22.7 Å². The molecule has 244 valence electrons. The van der Waals surface area contributed by atoms with Crippen LogP contribution in [0, 0.1) is 0 Å². The lowest BCUT2D eigenvalue weighted by atomic mass is 9.79. The Kier molecular flexibility index (Phi) is 6.14. The molecule has 0 amide bonds. The number of aryl methyl sites for hydroxylation is 2. The average molecular weight is 697 g/mol. The summed E-state index contributed by atoms with van der Waals surface area (Å²) in [5, 5.41) is 15.0. The van der Waals surface area contributed by atoms with Gasteiger partial charge in [-0.1, -0.05) is 109 Å². The van der Waals surface area contributed by atoms with Gasteiger partial charge in [0.2, 0.25) is 0 Å². The lowest BCUT2D eigenvalue weighted by molar-refractivity contribution is 1.02. The number of fused-ring (bicyclic) bond motifs is 17. The third-order valence-electron chi connectivity index (χ3n) is 11.8. The maximum Gasteiger partial charge on any atom is 0.0355 e. The molecule has 0 fully saturated rings. The Balaban J connectivity index is 1.15. The minimum Gasteiger partial charge on any atom is -0.140 e. The van der Waals surface area contributed by atoms with E-state index in [9.17, 15) is 0 Å². The van der Waals surface area contributed by atoms with Crippen LogP contribution in [0.2, 0.25) is 0 Å². The fourth-order valence-electron chi connectivity index (χ4n) is 9.41. The van der Waals surface area contributed by atoms with Crippen LogP contribution in [0.5, 0.6) is 0 Å². The third-order valence-corrected chi connectivity index (χ3v) is 14.2. The molecule has 0 spiro atoms. The number of hydrogen-bond donors (Lipinski definition) is 0. The van der Waals surface area contributed by atoms with Gasteiger partial charge in [-0.3, -0.25) is 0 Å². The van der Waals surface area contributed by atoms with E-state index in [0.29, 0.717) is 0 Å². The predicted molar refractivity (Wildman–Crippen MR) is 230 cm³/mol. The van der Waals surface area contributed by atoms with Gasteiger partial charge in [-0.25, -0.2) is 0 Å².